The zero-order valence-corrected chi connectivity index (χ0v) is 12.0. The van der Waals surface area contributed by atoms with Gasteiger partial charge in [-0.1, -0.05) is 43.5 Å². The van der Waals surface area contributed by atoms with E-state index in [2.05, 4.69) is 12.1 Å². The maximum Gasteiger partial charge on any atom is 0.228 e. The summed E-state index contributed by atoms with van der Waals surface area (Å²) in [7, 11) is 0. The Morgan fingerprint density at radius 3 is 2.30 bits per heavy atom. The molecule has 1 heterocycles. The maximum atomic E-state index is 12.2. The van der Waals surface area contributed by atoms with E-state index in [1.165, 1.54) is 37.7 Å². The fraction of sp³-hybridized carbons (Fsp3) is 0.353. The molecular weight excluding hydrogens is 272 g/mol. The van der Waals surface area contributed by atoms with Crippen molar-refractivity contribution in [2.45, 2.75) is 38.0 Å². The largest absolute Gasteiger partial charge is 0.441 e. The summed E-state index contributed by atoms with van der Waals surface area (Å²) in [4.78, 5) is 12.2. The number of furan rings is 1. The average Bonchev–Trinajstić information content (AvgIpc) is 2.94. The highest BCUT2D eigenvalue weighted by molar-refractivity contribution is 6.29. The number of rotatable bonds is 3. The normalized spacial score (nSPS) is 16.2. The van der Waals surface area contributed by atoms with Crippen LogP contribution in [0.1, 0.15) is 59.7 Å². The zero-order chi connectivity index (χ0) is 13.9. The molecule has 0 unspecified atom stereocenters. The van der Waals surface area contributed by atoms with E-state index in [9.17, 15) is 4.79 Å². The maximum absolute atomic E-state index is 12.2. The molecule has 0 radical (unpaired) electrons. The lowest BCUT2D eigenvalue weighted by molar-refractivity contribution is 0.101. The molecule has 1 aliphatic rings. The molecule has 0 spiro atoms. The summed E-state index contributed by atoms with van der Waals surface area (Å²) in [6, 6.07) is 11.1. The molecule has 3 heteroatoms. The van der Waals surface area contributed by atoms with Gasteiger partial charge in [0.25, 0.3) is 0 Å². The van der Waals surface area contributed by atoms with Gasteiger partial charge in [-0.3, -0.25) is 4.79 Å². The van der Waals surface area contributed by atoms with Crippen LogP contribution in [-0.2, 0) is 0 Å². The first kappa shape index (κ1) is 13.4. The molecule has 0 aliphatic heterocycles. The van der Waals surface area contributed by atoms with Gasteiger partial charge in [0, 0.05) is 5.56 Å². The Balaban J connectivity index is 1.77. The van der Waals surface area contributed by atoms with Crippen LogP contribution in [0.5, 0.6) is 0 Å². The first-order valence-electron chi connectivity index (χ1n) is 7.14. The Bertz CT molecular complexity index is 592. The molecule has 20 heavy (non-hydrogen) atoms. The highest BCUT2D eigenvalue weighted by Gasteiger charge is 2.17. The highest BCUT2D eigenvalue weighted by atomic mass is 35.5. The number of hydrogen-bond donors (Lipinski definition) is 0. The van der Waals surface area contributed by atoms with Crippen LogP contribution in [0.3, 0.4) is 0 Å². The van der Waals surface area contributed by atoms with Crippen LogP contribution in [-0.4, -0.2) is 5.78 Å². The first-order chi connectivity index (χ1) is 9.74. The smallest absolute Gasteiger partial charge is 0.228 e. The van der Waals surface area contributed by atoms with E-state index in [0.29, 0.717) is 17.2 Å². The van der Waals surface area contributed by atoms with E-state index < -0.39 is 0 Å². The van der Waals surface area contributed by atoms with Crippen LogP contribution in [0.4, 0.5) is 0 Å². The summed E-state index contributed by atoms with van der Waals surface area (Å²) in [5, 5.41) is 0.243. The molecule has 1 fully saturated rings. The predicted octanol–water partition coefficient (Wildman–Crippen LogP) is 5.21. The number of carbonyl (C=O) groups is 1. The lowest BCUT2D eigenvalue weighted by Crippen LogP contribution is -2.05. The van der Waals surface area contributed by atoms with Gasteiger partial charge in [0.2, 0.25) is 5.78 Å². The van der Waals surface area contributed by atoms with Crippen molar-refractivity contribution < 1.29 is 9.21 Å². The lowest BCUT2D eigenvalue weighted by atomic mass is 9.84. The summed E-state index contributed by atoms with van der Waals surface area (Å²) in [6.45, 7) is 0. The van der Waals surface area contributed by atoms with Crippen LogP contribution in [0.2, 0.25) is 5.22 Å². The zero-order valence-electron chi connectivity index (χ0n) is 11.3. The molecule has 1 aliphatic carbocycles. The summed E-state index contributed by atoms with van der Waals surface area (Å²) < 4.78 is 5.16. The summed E-state index contributed by atoms with van der Waals surface area (Å²) in [6.07, 6.45) is 6.51. The number of ketones is 1. The minimum absolute atomic E-state index is 0.118. The Labute approximate surface area is 123 Å². The fourth-order valence-electron chi connectivity index (χ4n) is 2.92. The lowest BCUT2D eigenvalue weighted by Gasteiger charge is -2.21. The van der Waals surface area contributed by atoms with Crippen LogP contribution in [0, 0.1) is 0 Å². The van der Waals surface area contributed by atoms with Crippen molar-refractivity contribution in [1.29, 1.82) is 0 Å². The van der Waals surface area contributed by atoms with Crippen molar-refractivity contribution in [3.05, 3.63) is 58.5 Å². The van der Waals surface area contributed by atoms with Crippen molar-refractivity contribution in [2.75, 3.05) is 0 Å². The second-order valence-electron chi connectivity index (χ2n) is 5.39. The van der Waals surface area contributed by atoms with Crippen molar-refractivity contribution >= 4 is 17.4 Å². The molecule has 0 bridgehead atoms. The second-order valence-corrected chi connectivity index (χ2v) is 5.76. The molecule has 0 N–H and O–H groups in total. The van der Waals surface area contributed by atoms with Crippen LogP contribution < -0.4 is 0 Å². The molecular formula is C17H17ClO2. The Morgan fingerprint density at radius 1 is 1.00 bits per heavy atom. The van der Waals surface area contributed by atoms with Gasteiger partial charge in [0.05, 0.1) is 0 Å². The number of hydrogen-bond acceptors (Lipinski definition) is 2. The first-order valence-corrected chi connectivity index (χ1v) is 7.52. The Hall–Kier alpha value is -1.54. The Morgan fingerprint density at radius 2 is 1.70 bits per heavy atom. The number of halogens is 1. The van der Waals surface area contributed by atoms with E-state index in [4.69, 9.17) is 16.0 Å². The number of carbonyl (C=O) groups excluding carboxylic acids is 1. The Kier molecular flexibility index (Phi) is 3.93. The van der Waals surface area contributed by atoms with Crippen molar-refractivity contribution in [3.63, 3.8) is 0 Å². The monoisotopic (exact) mass is 288 g/mol. The van der Waals surface area contributed by atoms with E-state index in [-0.39, 0.29) is 11.0 Å². The third kappa shape index (κ3) is 2.80. The highest BCUT2D eigenvalue weighted by Crippen LogP contribution is 2.32. The fourth-order valence-corrected chi connectivity index (χ4v) is 3.07. The molecule has 2 aromatic rings. The van der Waals surface area contributed by atoms with Gasteiger partial charge >= 0.3 is 0 Å². The summed E-state index contributed by atoms with van der Waals surface area (Å²) in [5.41, 5.74) is 1.99. The van der Waals surface area contributed by atoms with Crippen molar-refractivity contribution in [1.82, 2.24) is 0 Å². The van der Waals surface area contributed by atoms with Crippen LogP contribution in [0.15, 0.2) is 40.8 Å². The topological polar surface area (TPSA) is 30.2 Å². The van der Waals surface area contributed by atoms with Gasteiger partial charge in [-0.25, -0.2) is 0 Å². The van der Waals surface area contributed by atoms with Crippen LogP contribution >= 0.6 is 11.6 Å². The molecule has 3 rings (SSSR count). The molecule has 1 aromatic heterocycles. The van der Waals surface area contributed by atoms with Gasteiger partial charge in [-0.15, -0.1) is 0 Å². The third-order valence-corrected chi connectivity index (χ3v) is 4.25. The van der Waals surface area contributed by atoms with E-state index in [0.717, 1.165) is 0 Å². The van der Waals surface area contributed by atoms with Gasteiger partial charge in [-0.2, -0.15) is 0 Å². The molecule has 0 saturated heterocycles. The summed E-state index contributed by atoms with van der Waals surface area (Å²) in [5.74, 6) is 0.832. The second kappa shape index (κ2) is 5.84. The molecule has 1 saturated carbocycles. The molecule has 2 nitrogen and oxygen atoms in total. The minimum Gasteiger partial charge on any atom is -0.441 e. The van der Waals surface area contributed by atoms with Gasteiger partial charge in [-0.05, 0) is 48.1 Å². The average molecular weight is 289 g/mol. The minimum atomic E-state index is -0.118. The van der Waals surface area contributed by atoms with Gasteiger partial charge in [0.1, 0.15) is 0 Å². The van der Waals surface area contributed by atoms with Crippen LogP contribution in [0.25, 0.3) is 0 Å². The van der Waals surface area contributed by atoms with Gasteiger partial charge in [0.15, 0.2) is 11.0 Å². The third-order valence-electron chi connectivity index (χ3n) is 4.05. The van der Waals surface area contributed by atoms with E-state index >= 15 is 0 Å². The molecule has 0 amide bonds. The predicted molar refractivity (Wildman–Crippen MR) is 79.4 cm³/mol. The van der Waals surface area contributed by atoms with E-state index in [1.54, 1.807) is 12.1 Å². The summed E-state index contributed by atoms with van der Waals surface area (Å²) >= 11 is 5.70. The van der Waals surface area contributed by atoms with E-state index in [1.807, 2.05) is 12.1 Å². The van der Waals surface area contributed by atoms with Crippen molar-refractivity contribution in [2.24, 2.45) is 0 Å². The quantitative estimate of drug-likeness (QED) is 0.726. The number of benzene rings is 1. The molecule has 1 aromatic carbocycles. The van der Waals surface area contributed by atoms with Crippen molar-refractivity contribution in [3.8, 4) is 0 Å². The SMILES string of the molecule is O=C(c1ccc(C2CCCCC2)cc1)c1ccc(Cl)o1. The molecule has 0 atom stereocenters. The van der Waals surface area contributed by atoms with Gasteiger partial charge < -0.3 is 4.42 Å². The standard InChI is InChI=1S/C17H17ClO2/c18-16-11-10-15(20-16)17(19)14-8-6-13(7-9-14)12-4-2-1-3-5-12/h6-12H,1-5H2. The molecule has 104 valence electrons.